The molecule has 0 radical (unpaired) electrons. The highest BCUT2D eigenvalue weighted by molar-refractivity contribution is 5.66. The fourth-order valence-electron chi connectivity index (χ4n) is 4.14. The van der Waals surface area contributed by atoms with Gasteiger partial charge in [0, 0.05) is 37.7 Å². The predicted molar refractivity (Wildman–Crippen MR) is 113 cm³/mol. The maximum absolute atomic E-state index is 12.7. The molecule has 0 aliphatic carbocycles. The van der Waals surface area contributed by atoms with Crippen molar-refractivity contribution in [3.05, 3.63) is 48.0 Å². The van der Waals surface area contributed by atoms with E-state index in [1.807, 2.05) is 18.2 Å². The number of para-hydroxylation sites is 2. The van der Waals surface area contributed by atoms with E-state index in [1.54, 1.807) is 6.07 Å². The number of carbonyl (C=O) groups is 1. The fraction of sp³-hybridized carbons (Fsp3) is 0.435. The predicted octanol–water partition coefficient (Wildman–Crippen LogP) is 3.85. The first-order valence-corrected chi connectivity index (χ1v) is 10.6. The highest BCUT2D eigenvalue weighted by Crippen LogP contribution is 2.40. The molecule has 9 heteroatoms. The lowest BCUT2D eigenvalue weighted by Crippen LogP contribution is -2.47. The fourth-order valence-corrected chi connectivity index (χ4v) is 4.14. The van der Waals surface area contributed by atoms with Crippen molar-refractivity contribution in [2.45, 2.75) is 18.7 Å². The number of rotatable bonds is 7. The van der Waals surface area contributed by atoms with Crippen molar-refractivity contribution < 1.29 is 32.2 Å². The number of alkyl halides is 3. The molecule has 1 atom stereocenters. The lowest BCUT2D eigenvalue weighted by atomic mass is 9.96. The Morgan fingerprint density at radius 3 is 2.50 bits per heavy atom. The Bertz CT molecular complexity index is 930. The highest BCUT2D eigenvalue weighted by atomic mass is 19.4. The average molecular weight is 450 g/mol. The minimum atomic E-state index is -4.80. The van der Waals surface area contributed by atoms with Crippen molar-refractivity contribution in [1.29, 1.82) is 0 Å². The summed E-state index contributed by atoms with van der Waals surface area (Å²) in [6.07, 6.45) is -3.69. The van der Waals surface area contributed by atoms with Crippen LogP contribution in [0.25, 0.3) is 0 Å². The highest BCUT2D eigenvalue weighted by Gasteiger charge is 2.33. The number of anilines is 1. The number of aldehydes is 1. The second-order valence-electron chi connectivity index (χ2n) is 7.75. The van der Waals surface area contributed by atoms with Gasteiger partial charge in [-0.1, -0.05) is 24.3 Å². The number of halogens is 3. The molecular weight excluding hydrogens is 425 g/mol. The molecule has 0 amide bonds. The molecule has 2 heterocycles. The van der Waals surface area contributed by atoms with E-state index in [0.29, 0.717) is 32.5 Å². The molecule has 4 rings (SSSR count). The van der Waals surface area contributed by atoms with Crippen LogP contribution >= 0.6 is 0 Å². The largest absolute Gasteiger partial charge is 0.573 e. The standard InChI is InChI=1S/C23H25F3N2O4/c24-23(25,26)32-20-6-2-1-4-18(20)17(16-29)8-9-27-10-12-28(13-11-27)19-5-3-7-21-22(19)31-15-14-30-21/h1-7,16-17H,8-15H2. The lowest BCUT2D eigenvalue weighted by Gasteiger charge is -2.37. The second-order valence-corrected chi connectivity index (χ2v) is 7.75. The van der Waals surface area contributed by atoms with Crippen molar-refractivity contribution in [2.24, 2.45) is 0 Å². The summed E-state index contributed by atoms with van der Waals surface area (Å²) >= 11 is 0. The van der Waals surface area contributed by atoms with Gasteiger partial charge in [0.2, 0.25) is 0 Å². The molecule has 0 N–H and O–H groups in total. The number of hydrogen-bond acceptors (Lipinski definition) is 6. The molecule has 2 aromatic rings. The molecule has 0 spiro atoms. The maximum atomic E-state index is 12.7. The van der Waals surface area contributed by atoms with E-state index < -0.39 is 12.3 Å². The summed E-state index contributed by atoms with van der Waals surface area (Å²) in [4.78, 5) is 16.1. The molecule has 1 saturated heterocycles. The van der Waals surface area contributed by atoms with Crippen LogP contribution in [0.15, 0.2) is 42.5 Å². The summed E-state index contributed by atoms with van der Waals surface area (Å²) in [6.45, 7) is 4.77. The number of hydrogen-bond donors (Lipinski definition) is 0. The van der Waals surface area contributed by atoms with Crippen LogP contribution in [0.4, 0.5) is 18.9 Å². The smallest absolute Gasteiger partial charge is 0.486 e. The number of carbonyl (C=O) groups excluding carboxylic acids is 1. The van der Waals surface area contributed by atoms with E-state index >= 15 is 0 Å². The van der Waals surface area contributed by atoms with Gasteiger partial charge < -0.3 is 23.9 Å². The average Bonchev–Trinajstić information content (AvgIpc) is 2.79. The van der Waals surface area contributed by atoms with E-state index in [9.17, 15) is 18.0 Å². The molecule has 0 aromatic heterocycles. The van der Waals surface area contributed by atoms with Crippen LogP contribution in [0.3, 0.4) is 0 Å². The van der Waals surface area contributed by atoms with Gasteiger partial charge in [-0.2, -0.15) is 0 Å². The molecule has 6 nitrogen and oxygen atoms in total. The molecule has 32 heavy (non-hydrogen) atoms. The minimum Gasteiger partial charge on any atom is -0.486 e. The number of ether oxygens (including phenoxy) is 3. The van der Waals surface area contributed by atoms with E-state index in [1.165, 1.54) is 18.2 Å². The van der Waals surface area contributed by atoms with Crippen LogP contribution < -0.4 is 19.1 Å². The Labute approximate surface area is 184 Å². The Morgan fingerprint density at radius 2 is 1.75 bits per heavy atom. The zero-order valence-electron chi connectivity index (χ0n) is 17.5. The van der Waals surface area contributed by atoms with Crippen LogP contribution in [0.1, 0.15) is 17.9 Å². The molecule has 1 unspecified atom stereocenters. The zero-order chi connectivity index (χ0) is 22.6. The molecule has 2 aliphatic rings. The Kier molecular flexibility index (Phi) is 6.74. The van der Waals surface area contributed by atoms with Gasteiger partial charge in [0.05, 0.1) is 5.69 Å². The SMILES string of the molecule is O=CC(CCN1CCN(c2cccc3c2OCCO3)CC1)c1ccccc1OC(F)(F)F. The summed E-state index contributed by atoms with van der Waals surface area (Å²) in [5, 5.41) is 0. The van der Waals surface area contributed by atoms with Gasteiger partial charge in [-0.15, -0.1) is 13.2 Å². The summed E-state index contributed by atoms with van der Waals surface area (Å²) in [7, 11) is 0. The van der Waals surface area contributed by atoms with Crippen molar-refractivity contribution in [3.8, 4) is 17.2 Å². The Morgan fingerprint density at radius 1 is 1.00 bits per heavy atom. The van der Waals surface area contributed by atoms with Gasteiger partial charge in [-0.25, -0.2) is 0 Å². The van der Waals surface area contributed by atoms with Crippen LogP contribution in [0, 0.1) is 0 Å². The molecule has 0 bridgehead atoms. The number of nitrogens with zero attached hydrogens (tertiary/aromatic N) is 2. The van der Waals surface area contributed by atoms with Gasteiger partial charge in [0.25, 0.3) is 0 Å². The van der Waals surface area contributed by atoms with Crippen molar-refractivity contribution >= 4 is 12.0 Å². The van der Waals surface area contributed by atoms with E-state index in [0.717, 1.165) is 43.4 Å². The van der Waals surface area contributed by atoms with Gasteiger partial charge in [0.1, 0.15) is 25.2 Å². The van der Waals surface area contributed by atoms with Crippen molar-refractivity contribution in [2.75, 3.05) is 50.8 Å². The van der Waals surface area contributed by atoms with Crippen LogP contribution in [-0.2, 0) is 4.79 Å². The van der Waals surface area contributed by atoms with Crippen LogP contribution in [-0.4, -0.2) is 63.5 Å². The third kappa shape index (κ3) is 5.27. The molecule has 1 fully saturated rings. The van der Waals surface area contributed by atoms with E-state index in [-0.39, 0.29) is 11.3 Å². The molecule has 2 aromatic carbocycles. The third-order valence-corrected chi connectivity index (χ3v) is 5.72. The van der Waals surface area contributed by atoms with E-state index in [4.69, 9.17) is 9.47 Å². The number of benzene rings is 2. The summed E-state index contributed by atoms with van der Waals surface area (Å²) in [5.74, 6) is 0.537. The molecule has 2 aliphatic heterocycles. The third-order valence-electron chi connectivity index (χ3n) is 5.72. The van der Waals surface area contributed by atoms with Gasteiger partial charge in [-0.3, -0.25) is 4.90 Å². The maximum Gasteiger partial charge on any atom is 0.573 e. The monoisotopic (exact) mass is 450 g/mol. The van der Waals surface area contributed by atoms with Crippen molar-refractivity contribution in [3.63, 3.8) is 0 Å². The summed E-state index contributed by atoms with van der Waals surface area (Å²) in [5.41, 5.74) is 1.26. The number of fused-ring (bicyclic) bond motifs is 1. The van der Waals surface area contributed by atoms with Crippen molar-refractivity contribution in [1.82, 2.24) is 4.90 Å². The molecule has 172 valence electrons. The van der Waals surface area contributed by atoms with Crippen LogP contribution in [0.2, 0.25) is 0 Å². The Hall–Kier alpha value is -2.94. The Balaban J connectivity index is 1.35. The van der Waals surface area contributed by atoms with Gasteiger partial charge in [-0.05, 0) is 31.2 Å². The summed E-state index contributed by atoms with van der Waals surface area (Å²) in [6, 6.07) is 11.7. The summed E-state index contributed by atoms with van der Waals surface area (Å²) < 4.78 is 53.7. The molecule has 0 saturated carbocycles. The van der Waals surface area contributed by atoms with Gasteiger partial charge in [0.15, 0.2) is 11.5 Å². The van der Waals surface area contributed by atoms with E-state index in [2.05, 4.69) is 14.5 Å². The normalized spacial score (nSPS) is 17.7. The zero-order valence-corrected chi connectivity index (χ0v) is 17.5. The first-order chi connectivity index (χ1) is 15.4. The van der Waals surface area contributed by atoms with Crippen LogP contribution in [0.5, 0.6) is 17.2 Å². The first-order valence-electron chi connectivity index (χ1n) is 10.6. The topological polar surface area (TPSA) is 51.2 Å². The first kappa shape index (κ1) is 22.3. The van der Waals surface area contributed by atoms with Gasteiger partial charge >= 0.3 is 6.36 Å². The molecular formula is C23H25F3N2O4. The minimum absolute atomic E-state index is 0.256. The second kappa shape index (κ2) is 9.68. The quantitative estimate of drug-likeness (QED) is 0.598. The lowest BCUT2D eigenvalue weighted by molar-refractivity contribution is -0.275. The number of piperazine rings is 1.